The Labute approximate surface area is 177 Å². The molecule has 0 radical (unpaired) electrons. The number of carbonyl (C=O) groups is 2. The molecule has 3 aromatic rings. The summed E-state index contributed by atoms with van der Waals surface area (Å²) in [6.07, 6.45) is 0. The maximum atomic E-state index is 13.5. The van der Waals surface area contributed by atoms with Gasteiger partial charge in [-0.05, 0) is 36.6 Å². The minimum atomic E-state index is -2.85. The highest BCUT2D eigenvalue weighted by atomic mass is 31.2. The van der Waals surface area contributed by atoms with Gasteiger partial charge >= 0.3 is 5.97 Å². The summed E-state index contributed by atoms with van der Waals surface area (Å²) in [6.45, 7) is 0.671. The number of esters is 1. The normalized spacial score (nSPS) is 12.1. The van der Waals surface area contributed by atoms with Crippen molar-refractivity contribution in [3.8, 4) is 0 Å². The monoisotopic (exact) mass is 419 g/mol. The predicted octanol–water partition coefficient (Wildman–Crippen LogP) is 2.63. The minimum Gasteiger partial charge on any atom is -0.462 e. The Morgan fingerprint density at radius 2 is 1.17 bits per heavy atom. The van der Waals surface area contributed by atoms with Crippen molar-refractivity contribution in [1.82, 2.24) is 0 Å². The van der Waals surface area contributed by atoms with E-state index < -0.39 is 24.7 Å². The summed E-state index contributed by atoms with van der Waals surface area (Å²) in [4.78, 5) is 26.8. The summed E-state index contributed by atoms with van der Waals surface area (Å²) >= 11 is 0. The van der Waals surface area contributed by atoms with Crippen LogP contribution in [0.3, 0.4) is 0 Å². The molecule has 3 rings (SSSR count). The average Bonchev–Trinajstić information content (AvgIpc) is 2.79. The van der Waals surface area contributed by atoms with E-state index in [9.17, 15) is 9.59 Å². The van der Waals surface area contributed by atoms with Crippen LogP contribution in [0.25, 0.3) is 0 Å². The molecule has 0 fully saturated rings. The fourth-order valence-electron chi connectivity index (χ4n) is 3.61. The summed E-state index contributed by atoms with van der Waals surface area (Å²) < 4.78 is 5.42. The van der Waals surface area contributed by atoms with E-state index in [1.165, 1.54) is 0 Å². The van der Waals surface area contributed by atoms with E-state index in [0.717, 1.165) is 15.9 Å². The molecule has 0 aromatic heterocycles. The average molecular weight is 419 g/mol. The van der Waals surface area contributed by atoms with Gasteiger partial charge in [0, 0.05) is 0 Å². The Balaban J connectivity index is 2.63. The zero-order chi connectivity index (χ0) is 21.6. The zero-order valence-corrected chi connectivity index (χ0v) is 18.1. The van der Waals surface area contributed by atoms with Gasteiger partial charge in [0.1, 0.15) is 5.29 Å². The van der Waals surface area contributed by atoms with E-state index in [0.29, 0.717) is 0 Å². The van der Waals surface area contributed by atoms with Gasteiger partial charge in [0.05, 0.1) is 12.6 Å². The number of hydrogen-bond acceptors (Lipinski definition) is 4. The maximum absolute atomic E-state index is 13.5. The summed E-state index contributed by atoms with van der Waals surface area (Å²) in [5.74, 6) is -0.997. The molecular weight excluding hydrogens is 393 g/mol. The van der Waals surface area contributed by atoms with Crippen molar-refractivity contribution in [3.05, 3.63) is 91.0 Å². The smallest absolute Gasteiger partial charge is 0.342 e. The molecule has 0 aliphatic rings. The summed E-state index contributed by atoms with van der Waals surface area (Å²) in [6, 6.07) is 28.3. The van der Waals surface area contributed by atoms with Gasteiger partial charge < -0.3 is 10.5 Å². The van der Waals surface area contributed by atoms with E-state index in [-0.39, 0.29) is 11.9 Å². The number of ketones is 1. The number of benzene rings is 3. The molecule has 0 aliphatic heterocycles. The number of carbonyl (C=O) groups excluding carboxylic acids is 2. The second kappa shape index (κ2) is 9.71. The van der Waals surface area contributed by atoms with Crippen LogP contribution in [0.15, 0.2) is 91.0 Å². The molecule has 2 N–H and O–H groups in total. The zero-order valence-electron chi connectivity index (χ0n) is 17.2. The third-order valence-corrected chi connectivity index (χ3v) is 9.17. The third-order valence-electron chi connectivity index (χ3n) is 4.88. The maximum Gasteiger partial charge on any atom is 0.342 e. The van der Waals surface area contributed by atoms with Gasteiger partial charge in [0.2, 0.25) is 0 Å². The Morgan fingerprint density at radius 1 is 0.800 bits per heavy atom. The van der Waals surface area contributed by atoms with E-state index >= 15 is 0 Å². The molecule has 1 atom stereocenters. The molecule has 0 spiro atoms. The molecule has 0 aliphatic carbocycles. The van der Waals surface area contributed by atoms with Crippen molar-refractivity contribution in [2.24, 2.45) is 5.73 Å². The predicted molar refractivity (Wildman–Crippen MR) is 125 cm³/mol. The third kappa shape index (κ3) is 4.02. The standard InChI is InChI=1S/C25H26NO3P/c1-3-29-25(28)24(23(27)19(2)26)30(20-13-7-4-8-14-20,21-15-9-5-10-16-21)22-17-11-6-12-18-22/h4-19H,3,26H2,1-2H3. The minimum absolute atomic E-state index is 0.128. The van der Waals surface area contributed by atoms with Gasteiger partial charge in [-0.2, -0.15) is 0 Å². The SMILES string of the molecule is CCOC(=O)C(C(=O)C(C)N)=P(c1ccccc1)(c1ccccc1)c1ccccc1. The highest BCUT2D eigenvalue weighted by Crippen LogP contribution is 2.46. The second-order valence-corrected chi connectivity index (χ2v) is 10.2. The number of ether oxygens (including phenoxy) is 1. The largest absolute Gasteiger partial charge is 0.462 e. The molecule has 0 saturated carbocycles. The molecule has 0 heterocycles. The molecule has 3 aromatic carbocycles. The summed E-state index contributed by atoms with van der Waals surface area (Å²) in [5.41, 5.74) is 6.04. The molecule has 5 heteroatoms. The van der Waals surface area contributed by atoms with Crippen LogP contribution in [0.1, 0.15) is 13.8 Å². The van der Waals surface area contributed by atoms with Crippen molar-refractivity contribution >= 4 is 39.8 Å². The first-order valence-electron chi connectivity index (χ1n) is 9.93. The van der Waals surface area contributed by atoms with Crippen LogP contribution in [-0.4, -0.2) is 29.7 Å². The van der Waals surface area contributed by atoms with Crippen molar-refractivity contribution in [3.63, 3.8) is 0 Å². The van der Waals surface area contributed by atoms with Crippen molar-refractivity contribution < 1.29 is 14.3 Å². The van der Waals surface area contributed by atoms with Gasteiger partial charge in [-0.1, -0.05) is 91.0 Å². The van der Waals surface area contributed by atoms with Gasteiger partial charge in [0.15, 0.2) is 5.78 Å². The topological polar surface area (TPSA) is 69.4 Å². The number of Topliss-reactive ketones (excluding diaryl/α,β-unsaturated/α-hetero) is 1. The van der Waals surface area contributed by atoms with Gasteiger partial charge in [-0.3, -0.25) is 4.79 Å². The Hall–Kier alpha value is -2.94. The first-order chi connectivity index (χ1) is 14.5. The van der Waals surface area contributed by atoms with E-state index in [4.69, 9.17) is 10.5 Å². The quantitative estimate of drug-likeness (QED) is 0.363. The molecule has 30 heavy (non-hydrogen) atoms. The lowest BCUT2D eigenvalue weighted by Gasteiger charge is -2.31. The van der Waals surface area contributed by atoms with Crippen molar-refractivity contribution in [2.75, 3.05) is 6.61 Å². The van der Waals surface area contributed by atoms with E-state index in [2.05, 4.69) is 0 Å². The van der Waals surface area contributed by atoms with Crippen LogP contribution in [0, 0.1) is 0 Å². The lowest BCUT2D eigenvalue weighted by Crippen LogP contribution is -2.44. The van der Waals surface area contributed by atoms with Crippen LogP contribution in [-0.2, 0) is 14.3 Å². The fourth-order valence-corrected chi connectivity index (χ4v) is 8.01. The van der Waals surface area contributed by atoms with Crippen LogP contribution in [0.4, 0.5) is 0 Å². The van der Waals surface area contributed by atoms with Crippen LogP contribution >= 0.6 is 6.89 Å². The fraction of sp³-hybridized carbons (Fsp3) is 0.160. The molecule has 0 bridgehead atoms. The van der Waals surface area contributed by atoms with Crippen LogP contribution in [0.5, 0.6) is 0 Å². The lowest BCUT2D eigenvalue weighted by atomic mass is 10.2. The molecular formula is C25H26NO3P. The summed E-state index contributed by atoms with van der Waals surface area (Å²) in [5, 5.41) is 2.83. The van der Waals surface area contributed by atoms with Gasteiger partial charge in [-0.15, -0.1) is 0 Å². The molecule has 4 nitrogen and oxygen atoms in total. The second-order valence-electron chi connectivity index (χ2n) is 6.90. The van der Waals surface area contributed by atoms with Gasteiger partial charge in [-0.25, -0.2) is 4.79 Å². The van der Waals surface area contributed by atoms with Crippen molar-refractivity contribution in [2.45, 2.75) is 19.9 Å². The number of rotatable bonds is 7. The number of nitrogens with two attached hydrogens (primary N) is 1. The highest BCUT2D eigenvalue weighted by molar-refractivity contribution is 7.97. The lowest BCUT2D eigenvalue weighted by molar-refractivity contribution is -0.135. The first-order valence-corrected chi connectivity index (χ1v) is 11.7. The Kier molecular flexibility index (Phi) is 7.04. The Bertz CT molecular complexity index is 958. The van der Waals surface area contributed by atoms with Crippen LogP contribution < -0.4 is 21.6 Å². The van der Waals surface area contributed by atoms with E-state index in [1.54, 1.807) is 13.8 Å². The van der Waals surface area contributed by atoms with Crippen molar-refractivity contribution in [1.29, 1.82) is 0 Å². The van der Waals surface area contributed by atoms with Crippen LogP contribution in [0.2, 0.25) is 0 Å². The molecule has 154 valence electrons. The molecule has 0 amide bonds. The number of hydrogen-bond donors (Lipinski definition) is 1. The van der Waals surface area contributed by atoms with E-state index in [1.807, 2.05) is 91.0 Å². The Morgan fingerprint density at radius 3 is 1.47 bits per heavy atom. The van der Waals surface area contributed by atoms with Gasteiger partial charge in [0.25, 0.3) is 0 Å². The summed E-state index contributed by atoms with van der Waals surface area (Å²) in [7, 11) is 0. The first kappa shape index (κ1) is 21.8. The molecule has 1 unspecified atom stereocenters. The highest BCUT2D eigenvalue weighted by Gasteiger charge is 2.38. The molecule has 0 saturated heterocycles.